The van der Waals surface area contributed by atoms with Crippen LogP contribution < -0.4 is 10.6 Å². The van der Waals surface area contributed by atoms with Crippen LogP contribution in [0.3, 0.4) is 0 Å². The van der Waals surface area contributed by atoms with E-state index in [0.717, 1.165) is 24.6 Å². The third-order valence-electron chi connectivity index (χ3n) is 2.35. The first kappa shape index (κ1) is 13.2. The predicted octanol–water partition coefficient (Wildman–Crippen LogP) is 1.31. The lowest BCUT2D eigenvalue weighted by atomic mass is 10.3. The molecule has 0 spiro atoms. The van der Waals surface area contributed by atoms with E-state index in [-0.39, 0.29) is 0 Å². The number of carboxylic acid groups (broad SMARTS) is 1. The maximum Gasteiger partial charge on any atom is 0.328 e. The Kier molecular flexibility index (Phi) is 3.91. The molecule has 1 aliphatic carbocycles. The molecule has 3 amide bonds. The zero-order valence-electron chi connectivity index (χ0n) is 9.75. The molecule has 1 aromatic rings. The summed E-state index contributed by atoms with van der Waals surface area (Å²) < 4.78 is 0. The smallest absolute Gasteiger partial charge is 0.328 e. The fourth-order valence-corrected chi connectivity index (χ4v) is 2.13. The van der Waals surface area contributed by atoms with Gasteiger partial charge in [-0.05, 0) is 12.8 Å². The number of imide groups is 1. The lowest BCUT2D eigenvalue weighted by Gasteiger charge is -2.00. The molecule has 1 aromatic heterocycles. The van der Waals surface area contributed by atoms with Crippen molar-refractivity contribution < 1.29 is 19.5 Å². The summed E-state index contributed by atoms with van der Waals surface area (Å²) in [7, 11) is 0. The van der Waals surface area contributed by atoms with E-state index >= 15 is 0 Å². The molecule has 19 heavy (non-hydrogen) atoms. The molecular formula is C11H11N3O4S. The summed E-state index contributed by atoms with van der Waals surface area (Å²) in [5, 5.41) is 15.0. The average Bonchev–Trinajstić information content (AvgIpc) is 3.08. The average molecular weight is 281 g/mol. The molecular weight excluding hydrogens is 270 g/mol. The molecule has 0 unspecified atom stereocenters. The Morgan fingerprint density at radius 3 is 2.74 bits per heavy atom. The first-order valence-electron chi connectivity index (χ1n) is 5.53. The van der Waals surface area contributed by atoms with E-state index in [0.29, 0.717) is 17.1 Å². The van der Waals surface area contributed by atoms with E-state index in [4.69, 9.17) is 5.11 Å². The number of anilines is 1. The molecule has 0 aromatic carbocycles. The van der Waals surface area contributed by atoms with Crippen LogP contribution in [-0.4, -0.2) is 28.0 Å². The van der Waals surface area contributed by atoms with Crippen LogP contribution in [0.2, 0.25) is 0 Å². The van der Waals surface area contributed by atoms with Gasteiger partial charge in [-0.15, -0.1) is 11.3 Å². The van der Waals surface area contributed by atoms with Crippen molar-refractivity contribution >= 4 is 34.4 Å². The monoisotopic (exact) mass is 281 g/mol. The lowest BCUT2D eigenvalue weighted by molar-refractivity contribution is -0.131. The highest BCUT2D eigenvalue weighted by Crippen LogP contribution is 2.40. The highest BCUT2D eigenvalue weighted by atomic mass is 32.1. The molecule has 1 heterocycles. The van der Waals surface area contributed by atoms with E-state index in [1.165, 1.54) is 11.3 Å². The van der Waals surface area contributed by atoms with Gasteiger partial charge >= 0.3 is 12.0 Å². The number of amides is 3. The summed E-state index contributed by atoms with van der Waals surface area (Å²) in [6.07, 6.45) is 3.65. The van der Waals surface area contributed by atoms with Gasteiger partial charge in [-0.1, -0.05) is 0 Å². The van der Waals surface area contributed by atoms with E-state index in [2.05, 4.69) is 10.3 Å². The molecule has 0 atom stereocenters. The minimum absolute atomic E-state index is 0.411. The van der Waals surface area contributed by atoms with Gasteiger partial charge in [0.15, 0.2) is 5.13 Å². The summed E-state index contributed by atoms with van der Waals surface area (Å²) in [5.74, 6) is -1.57. The van der Waals surface area contributed by atoms with Crippen molar-refractivity contribution in [1.29, 1.82) is 0 Å². The topological polar surface area (TPSA) is 108 Å². The van der Waals surface area contributed by atoms with Crippen LogP contribution in [0.1, 0.15) is 24.5 Å². The highest BCUT2D eigenvalue weighted by Gasteiger charge is 2.26. The molecule has 1 saturated carbocycles. The van der Waals surface area contributed by atoms with Crippen LogP contribution in [0.15, 0.2) is 17.5 Å². The zero-order chi connectivity index (χ0) is 13.8. The number of aromatic nitrogens is 1. The van der Waals surface area contributed by atoms with Crippen LogP contribution in [0.25, 0.3) is 0 Å². The van der Waals surface area contributed by atoms with E-state index in [1.807, 2.05) is 10.7 Å². The number of carboxylic acids is 1. The minimum Gasteiger partial charge on any atom is -0.478 e. The molecule has 2 rings (SSSR count). The van der Waals surface area contributed by atoms with Gasteiger partial charge in [-0.3, -0.25) is 15.4 Å². The van der Waals surface area contributed by atoms with E-state index in [1.54, 1.807) is 0 Å². The van der Waals surface area contributed by atoms with E-state index in [9.17, 15) is 14.4 Å². The van der Waals surface area contributed by atoms with Gasteiger partial charge in [-0.2, -0.15) is 0 Å². The molecule has 0 aliphatic heterocycles. The Balaban J connectivity index is 1.82. The van der Waals surface area contributed by atoms with Crippen molar-refractivity contribution in [2.24, 2.45) is 0 Å². The Morgan fingerprint density at radius 1 is 1.37 bits per heavy atom. The molecule has 7 nitrogen and oxygen atoms in total. The van der Waals surface area contributed by atoms with Gasteiger partial charge in [0.05, 0.1) is 5.69 Å². The summed E-state index contributed by atoms with van der Waals surface area (Å²) in [5.41, 5.74) is 0.956. The second-order valence-electron chi connectivity index (χ2n) is 3.97. The fourth-order valence-electron chi connectivity index (χ4n) is 1.34. The second kappa shape index (κ2) is 5.61. The number of aliphatic carboxylic acids is 1. The molecule has 3 N–H and O–H groups in total. The van der Waals surface area contributed by atoms with Crippen molar-refractivity contribution in [3.05, 3.63) is 23.2 Å². The molecule has 0 radical (unpaired) electrons. The predicted molar refractivity (Wildman–Crippen MR) is 68.0 cm³/mol. The number of nitrogens with zero attached hydrogens (tertiary/aromatic N) is 1. The van der Waals surface area contributed by atoms with Crippen molar-refractivity contribution in [3.8, 4) is 0 Å². The number of hydrogen-bond acceptors (Lipinski definition) is 5. The van der Waals surface area contributed by atoms with Gasteiger partial charge in [0.25, 0.3) is 5.91 Å². The SMILES string of the molecule is O=C(O)/C=C/C(=O)NC(=O)Nc1nc(C2CC2)cs1. The molecule has 100 valence electrons. The van der Waals surface area contributed by atoms with E-state index < -0.39 is 17.9 Å². The van der Waals surface area contributed by atoms with Gasteiger partial charge in [0.2, 0.25) is 0 Å². The number of hydrogen-bond donors (Lipinski definition) is 3. The Labute approximate surface area is 112 Å². The van der Waals surface area contributed by atoms with Crippen LogP contribution in [0, 0.1) is 0 Å². The molecule has 1 aliphatic rings. The van der Waals surface area contributed by atoms with Crippen LogP contribution in [0.4, 0.5) is 9.93 Å². The zero-order valence-corrected chi connectivity index (χ0v) is 10.6. The maximum atomic E-state index is 11.4. The molecule has 0 saturated heterocycles. The van der Waals surface area contributed by atoms with Gasteiger partial charge in [0, 0.05) is 23.5 Å². The van der Waals surface area contributed by atoms with Crippen LogP contribution in [-0.2, 0) is 9.59 Å². The Hall–Kier alpha value is -2.22. The van der Waals surface area contributed by atoms with Crippen LogP contribution in [0.5, 0.6) is 0 Å². The number of rotatable bonds is 4. The van der Waals surface area contributed by atoms with Gasteiger partial charge < -0.3 is 5.11 Å². The summed E-state index contributed by atoms with van der Waals surface area (Å²) in [6.45, 7) is 0. The first-order chi connectivity index (χ1) is 9.04. The highest BCUT2D eigenvalue weighted by molar-refractivity contribution is 7.13. The molecule has 1 fully saturated rings. The number of urea groups is 1. The third kappa shape index (κ3) is 4.18. The quantitative estimate of drug-likeness (QED) is 0.721. The van der Waals surface area contributed by atoms with Crippen molar-refractivity contribution in [3.63, 3.8) is 0 Å². The fraction of sp³-hybridized carbons (Fsp3) is 0.273. The summed E-state index contributed by atoms with van der Waals surface area (Å²) in [6, 6.07) is -0.739. The summed E-state index contributed by atoms with van der Waals surface area (Å²) in [4.78, 5) is 36.9. The van der Waals surface area contributed by atoms with Crippen molar-refractivity contribution in [2.45, 2.75) is 18.8 Å². The largest absolute Gasteiger partial charge is 0.478 e. The number of carbonyl (C=O) groups is 3. The van der Waals surface area contributed by atoms with Crippen molar-refractivity contribution in [2.75, 3.05) is 5.32 Å². The second-order valence-corrected chi connectivity index (χ2v) is 4.82. The van der Waals surface area contributed by atoms with Crippen LogP contribution >= 0.6 is 11.3 Å². The number of nitrogens with one attached hydrogen (secondary N) is 2. The van der Waals surface area contributed by atoms with Crippen molar-refractivity contribution in [1.82, 2.24) is 10.3 Å². The molecule has 8 heteroatoms. The lowest BCUT2D eigenvalue weighted by Crippen LogP contribution is -2.33. The standard InChI is InChI=1S/C11H11N3O4S/c15-8(3-4-9(16)17)13-10(18)14-11-12-7(5-19-11)6-1-2-6/h3-6H,1-2H2,(H,16,17)(H2,12,13,14,15,18)/b4-3+. The maximum absolute atomic E-state index is 11.4. The number of carbonyl (C=O) groups excluding carboxylic acids is 2. The minimum atomic E-state index is -1.26. The van der Waals surface area contributed by atoms with Gasteiger partial charge in [0.1, 0.15) is 0 Å². The Morgan fingerprint density at radius 2 is 2.11 bits per heavy atom. The first-order valence-corrected chi connectivity index (χ1v) is 6.41. The Bertz CT molecular complexity index is 548. The van der Waals surface area contributed by atoms with Gasteiger partial charge in [-0.25, -0.2) is 14.6 Å². The third-order valence-corrected chi connectivity index (χ3v) is 3.13. The molecule has 0 bridgehead atoms. The normalized spacial score (nSPS) is 14.3. The summed E-state index contributed by atoms with van der Waals surface area (Å²) >= 11 is 1.29. The number of thiazole rings is 1.